The molecule has 2 rings (SSSR count). The number of halogens is 1. The molecule has 1 saturated heterocycles. The number of aliphatic hydroxyl groups is 1. The molecule has 1 aliphatic rings. The van der Waals surface area contributed by atoms with Crippen LogP contribution in [0.4, 0.5) is 0 Å². The van der Waals surface area contributed by atoms with Gasteiger partial charge in [-0.3, -0.25) is 0 Å². The predicted molar refractivity (Wildman–Crippen MR) is 73.9 cm³/mol. The van der Waals surface area contributed by atoms with Gasteiger partial charge in [-0.05, 0) is 37.1 Å². The molecule has 19 heavy (non-hydrogen) atoms. The molecule has 5 nitrogen and oxygen atoms in total. The molecule has 1 heterocycles. The molecule has 1 fully saturated rings. The first-order valence-corrected chi connectivity index (χ1v) is 7.85. The second-order valence-corrected chi connectivity index (χ2v) is 6.91. The Morgan fingerprint density at radius 2 is 2.00 bits per heavy atom. The van der Waals surface area contributed by atoms with Crippen LogP contribution >= 0.6 is 11.6 Å². The van der Waals surface area contributed by atoms with Crippen LogP contribution in [0.25, 0.3) is 0 Å². The van der Waals surface area contributed by atoms with Crippen LogP contribution in [0.1, 0.15) is 11.1 Å². The quantitative estimate of drug-likeness (QED) is 0.763. The zero-order valence-corrected chi connectivity index (χ0v) is 12.3. The Labute approximate surface area is 118 Å². The molecule has 2 atom stereocenters. The summed E-state index contributed by atoms with van der Waals surface area (Å²) in [6.45, 7) is 4.27. The molecule has 0 radical (unpaired) electrons. The van der Waals surface area contributed by atoms with E-state index in [0.717, 1.165) is 0 Å². The first-order chi connectivity index (χ1) is 8.81. The van der Waals surface area contributed by atoms with Crippen LogP contribution < -0.4 is 10.0 Å². The van der Waals surface area contributed by atoms with E-state index in [-0.39, 0.29) is 4.90 Å². The van der Waals surface area contributed by atoms with E-state index in [1.165, 1.54) is 0 Å². The second kappa shape index (κ2) is 5.38. The third kappa shape index (κ3) is 3.09. The maximum atomic E-state index is 12.3. The maximum Gasteiger partial charge on any atom is 0.241 e. The normalized spacial score (nSPS) is 23.8. The van der Waals surface area contributed by atoms with Gasteiger partial charge in [0, 0.05) is 18.1 Å². The maximum absolute atomic E-state index is 12.3. The molecular formula is C12H17ClN2O3S. The molecule has 0 aromatic heterocycles. The van der Waals surface area contributed by atoms with Gasteiger partial charge in [0.2, 0.25) is 10.0 Å². The van der Waals surface area contributed by atoms with Crippen LogP contribution in [0, 0.1) is 13.8 Å². The van der Waals surface area contributed by atoms with Crippen molar-refractivity contribution >= 4 is 21.6 Å². The van der Waals surface area contributed by atoms with E-state index < -0.39 is 22.2 Å². The lowest BCUT2D eigenvalue weighted by molar-refractivity contribution is 0.172. The van der Waals surface area contributed by atoms with Gasteiger partial charge in [0.1, 0.15) is 0 Å². The number of hydrogen-bond acceptors (Lipinski definition) is 4. The minimum atomic E-state index is -3.66. The fourth-order valence-corrected chi connectivity index (χ4v) is 3.89. The highest BCUT2D eigenvalue weighted by molar-refractivity contribution is 7.89. The Hall–Kier alpha value is -0.660. The number of β-amino-alcohol motifs (C(OH)–C–C–N with tert-alkyl or cyclic N) is 1. The smallest absolute Gasteiger partial charge is 0.241 e. The van der Waals surface area contributed by atoms with Crippen LogP contribution in [0.2, 0.25) is 5.02 Å². The second-order valence-electron chi connectivity index (χ2n) is 4.82. The van der Waals surface area contributed by atoms with Gasteiger partial charge in [-0.1, -0.05) is 11.6 Å². The van der Waals surface area contributed by atoms with E-state index in [0.29, 0.717) is 29.2 Å². The van der Waals surface area contributed by atoms with Gasteiger partial charge in [-0.2, -0.15) is 0 Å². The molecule has 0 bridgehead atoms. The highest BCUT2D eigenvalue weighted by Crippen LogP contribution is 2.24. The summed E-state index contributed by atoms with van der Waals surface area (Å²) in [5, 5.41) is 13.1. The molecule has 1 aromatic carbocycles. The zero-order chi connectivity index (χ0) is 14.2. The van der Waals surface area contributed by atoms with Crippen molar-refractivity contribution in [2.24, 2.45) is 0 Å². The monoisotopic (exact) mass is 304 g/mol. The van der Waals surface area contributed by atoms with Crippen LogP contribution in [0.3, 0.4) is 0 Å². The molecular weight excluding hydrogens is 288 g/mol. The van der Waals surface area contributed by atoms with E-state index in [1.807, 2.05) is 0 Å². The summed E-state index contributed by atoms with van der Waals surface area (Å²) in [6, 6.07) is 2.68. The number of sulfonamides is 1. The van der Waals surface area contributed by atoms with Crippen LogP contribution in [-0.4, -0.2) is 38.8 Å². The molecule has 0 unspecified atom stereocenters. The summed E-state index contributed by atoms with van der Waals surface area (Å²) in [4.78, 5) is 0.202. The highest BCUT2D eigenvalue weighted by atomic mass is 35.5. The minimum Gasteiger partial charge on any atom is -0.390 e. The van der Waals surface area contributed by atoms with Crippen molar-refractivity contribution in [2.75, 3.05) is 13.1 Å². The lowest BCUT2D eigenvalue weighted by atomic mass is 10.2. The van der Waals surface area contributed by atoms with E-state index in [9.17, 15) is 13.5 Å². The van der Waals surface area contributed by atoms with Gasteiger partial charge < -0.3 is 10.4 Å². The Bertz CT molecular complexity index is 589. The average Bonchev–Trinajstić information content (AvgIpc) is 2.69. The summed E-state index contributed by atoms with van der Waals surface area (Å²) >= 11 is 5.96. The van der Waals surface area contributed by atoms with Gasteiger partial charge in [0.25, 0.3) is 0 Å². The van der Waals surface area contributed by atoms with Crippen LogP contribution in [0.15, 0.2) is 17.0 Å². The molecule has 3 N–H and O–H groups in total. The molecule has 1 aliphatic heterocycles. The number of aryl methyl sites for hydroxylation is 2. The first-order valence-electron chi connectivity index (χ1n) is 5.99. The fourth-order valence-electron chi connectivity index (χ4n) is 2.09. The van der Waals surface area contributed by atoms with Gasteiger partial charge >= 0.3 is 0 Å². The first kappa shape index (κ1) is 14.7. The van der Waals surface area contributed by atoms with Gasteiger partial charge in [0.15, 0.2) is 0 Å². The third-order valence-electron chi connectivity index (χ3n) is 3.23. The summed E-state index contributed by atoms with van der Waals surface area (Å²) in [5.74, 6) is 0. The van der Waals surface area contributed by atoms with Crippen molar-refractivity contribution in [3.8, 4) is 0 Å². The summed E-state index contributed by atoms with van der Waals surface area (Å²) in [7, 11) is -3.66. The number of rotatable bonds is 3. The third-order valence-corrected chi connectivity index (χ3v) is 5.27. The van der Waals surface area contributed by atoms with E-state index in [1.54, 1.807) is 26.0 Å². The van der Waals surface area contributed by atoms with Gasteiger partial charge in [-0.25, -0.2) is 13.1 Å². The van der Waals surface area contributed by atoms with Gasteiger partial charge in [-0.15, -0.1) is 0 Å². The SMILES string of the molecule is Cc1cc(S(=O)(=O)N[C@@H]2CNC[C@H]2O)c(C)cc1Cl. The Kier molecular flexibility index (Phi) is 4.17. The summed E-state index contributed by atoms with van der Waals surface area (Å²) < 4.78 is 27.2. The summed E-state index contributed by atoms with van der Waals surface area (Å²) in [6.07, 6.45) is -0.705. The molecule has 0 saturated carbocycles. The largest absolute Gasteiger partial charge is 0.390 e. The van der Waals surface area contributed by atoms with Crippen molar-refractivity contribution in [1.82, 2.24) is 10.0 Å². The zero-order valence-electron chi connectivity index (χ0n) is 10.8. The van der Waals surface area contributed by atoms with Crippen molar-refractivity contribution in [3.05, 3.63) is 28.3 Å². The lowest BCUT2D eigenvalue weighted by Gasteiger charge is -2.17. The number of benzene rings is 1. The predicted octanol–water partition coefficient (Wildman–Crippen LogP) is 0.568. The molecule has 7 heteroatoms. The van der Waals surface area contributed by atoms with E-state index >= 15 is 0 Å². The number of hydrogen-bond donors (Lipinski definition) is 3. The highest BCUT2D eigenvalue weighted by Gasteiger charge is 2.30. The lowest BCUT2D eigenvalue weighted by Crippen LogP contribution is -2.42. The molecule has 0 aliphatic carbocycles. The Balaban J connectivity index is 2.32. The average molecular weight is 305 g/mol. The minimum absolute atomic E-state index is 0.202. The van der Waals surface area contributed by atoms with Crippen molar-refractivity contribution in [1.29, 1.82) is 0 Å². The van der Waals surface area contributed by atoms with Crippen LogP contribution in [-0.2, 0) is 10.0 Å². The van der Waals surface area contributed by atoms with Gasteiger partial charge in [0.05, 0.1) is 17.0 Å². The molecule has 106 valence electrons. The fraction of sp³-hybridized carbons (Fsp3) is 0.500. The van der Waals surface area contributed by atoms with Crippen molar-refractivity contribution in [2.45, 2.75) is 30.9 Å². The number of aliphatic hydroxyl groups excluding tert-OH is 1. The number of nitrogens with one attached hydrogen (secondary N) is 2. The van der Waals surface area contributed by atoms with E-state index in [4.69, 9.17) is 11.6 Å². The van der Waals surface area contributed by atoms with Crippen molar-refractivity contribution in [3.63, 3.8) is 0 Å². The Morgan fingerprint density at radius 1 is 1.32 bits per heavy atom. The molecule has 0 amide bonds. The van der Waals surface area contributed by atoms with Crippen LogP contribution in [0.5, 0.6) is 0 Å². The van der Waals surface area contributed by atoms with E-state index in [2.05, 4.69) is 10.0 Å². The topological polar surface area (TPSA) is 78.4 Å². The molecule has 1 aromatic rings. The summed E-state index contributed by atoms with van der Waals surface area (Å²) in [5.41, 5.74) is 1.29. The van der Waals surface area contributed by atoms with Crippen molar-refractivity contribution < 1.29 is 13.5 Å². The standard InChI is InChI=1S/C12H17ClN2O3S/c1-7-4-12(8(2)3-9(7)13)19(17,18)15-10-5-14-6-11(10)16/h3-4,10-11,14-16H,5-6H2,1-2H3/t10-,11-/m1/s1. The Morgan fingerprint density at radius 3 is 2.58 bits per heavy atom. The molecule has 0 spiro atoms.